The summed E-state index contributed by atoms with van der Waals surface area (Å²) in [5.41, 5.74) is 1.86. The Morgan fingerprint density at radius 3 is 2.32 bits per heavy atom. The number of ether oxygens (including phenoxy) is 1. The number of amides is 1. The van der Waals surface area contributed by atoms with Crippen molar-refractivity contribution >= 4 is 21.6 Å². The highest BCUT2D eigenvalue weighted by Gasteiger charge is 2.22. The van der Waals surface area contributed by atoms with E-state index in [9.17, 15) is 13.2 Å². The van der Waals surface area contributed by atoms with Crippen LogP contribution in [-0.2, 0) is 16.6 Å². The number of anilines is 1. The molecule has 160 valence electrons. The van der Waals surface area contributed by atoms with Crippen LogP contribution in [0, 0.1) is 0 Å². The number of carbonyl (C=O) groups excluding carboxylic acids is 1. The van der Waals surface area contributed by atoms with Crippen LogP contribution >= 0.6 is 0 Å². The summed E-state index contributed by atoms with van der Waals surface area (Å²) in [6.07, 6.45) is 1.96. The molecular formula is C24H24N2O4S. The first kappa shape index (κ1) is 20.9. The van der Waals surface area contributed by atoms with E-state index in [-0.39, 0.29) is 10.8 Å². The van der Waals surface area contributed by atoms with Gasteiger partial charge in [-0.3, -0.25) is 9.52 Å². The number of hydrogen-bond acceptors (Lipinski definition) is 4. The summed E-state index contributed by atoms with van der Waals surface area (Å²) < 4.78 is 33.9. The van der Waals surface area contributed by atoms with Gasteiger partial charge in [0.1, 0.15) is 12.4 Å². The van der Waals surface area contributed by atoms with E-state index < -0.39 is 10.0 Å². The lowest BCUT2D eigenvalue weighted by molar-refractivity contribution is 0.0792. The highest BCUT2D eigenvalue weighted by molar-refractivity contribution is 7.92. The number of sulfonamides is 1. The normalized spacial score (nSPS) is 13.7. The molecule has 6 nitrogen and oxygen atoms in total. The van der Waals surface area contributed by atoms with Gasteiger partial charge in [0.2, 0.25) is 0 Å². The first-order valence-corrected chi connectivity index (χ1v) is 11.7. The Morgan fingerprint density at radius 1 is 0.903 bits per heavy atom. The van der Waals surface area contributed by atoms with Gasteiger partial charge in [-0.2, -0.15) is 0 Å². The molecule has 1 N–H and O–H groups in total. The van der Waals surface area contributed by atoms with E-state index >= 15 is 0 Å². The van der Waals surface area contributed by atoms with Crippen molar-refractivity contribution in [3.63, 3.8) is 0 Å². The zero-order valence-corrected chi connectivity index (χ0v) is 17.8. The highest BCUT2D eigenvalue weighted by Crippen LogP contribution is 2.22. The van der Waals surface area contributed by atoms with E-state index in [4.69, 9.17) is 4.74 Å². The second-order valence-corrected chi connectivity index (χ2v) is 9.11. The van der Waals surface area contributed by atoms with Gasteiger partial charge in [-0.1, -0.05) is 36.4 Å². The molecular weight excluding hydrogens is 412 g/mol. The standard InChI is InChI=1S/C24H24N2O4S/c27-24(26-15-4-5-16-26)20-9-6-10-23(17-20)31(28,29)25-21-11-13-22(14-12-21)30-18-19-7-2-1-3-8-19/h1-3,6-14,17,25H,4-5,15-16,18H2. The van der Waals surface area contributed by atoms with Crippen LogP contribution in [0.1, 0.15) is 28.8 Å². The second kappa shape index (κ2) is 9.22. The Bertz CT molecular complexity index is 1140. The molecule has 1 amide bonds. The minimum absolute atomic E-state index is 0.0574. The number of nitrogens with zero attached hydrogens (tertiary/aromatic N) is 1. The predicted molar refractivity (Wildman–Crippen MR) is 120 cm³/mol. The molecule has 0 saturated carbocycles. The molecule has 4 rings (SSSR count). The largest absolute Gasteiger partial charge is 0.489 e. The van der Waals surface area contributed by atoms with E-state index in [0.717, 1.165) is 18.4 Å². The molecule has 3 aromatic carbocycles. The summed E-state index contributed by atoms with van der Waals surface area (Å²) in [6, 6.07) is 22.7. The number of benzene rings is 3. The lowest BCUT2D eigenvalue weighted by atomic mass is 10.2. The molecule has 31 heavy (non-hydrogen) atoms. The summed E-state index contributed by atoms with van der Waals surface area (Å²) in [4.78, 5) is 14.4. The minimum Gasteiger partial charge on any atom is -0.489 e. The molecule has 0 aromatic heterocycles. The lowest BCUT2D eigenvalue weighted by Gasteiger charge is -2.16. The summed E-state index contributed by atoms with van der Waals surface area (Å²) in [5, 5.41) is 0. The average Bonchev–Trinajstić information content (AvgIpc) is 3.34. The van der Waals surface area contributed by atoms with Crippen molar-refractivity contribution in [3.05, 3.63) is 90.0 Å². The smallest absolute Gasteiger partial charge is 0.261 e. The Morgan fingerprint density at radius 2 is 1.61 bits per heavy atom. The monoisotopic (exact) mass is 436 g/mol. The molecule has 0 spiro atoms. The maximum absolute atomic E-state index is 12.8. The van der Waals surface area contributed by atoms with Gasteiger partial charge in [-0.05, 0) is 60.9 Å². The molecule has 1 saturated heterocycles. The molecule has 3 aromatic rings. The van der Waals surface area contributed by atoms with Crippen molar-refractivity contribution in [1.82, 2.24) is 4.90 Å². The molecule has 1 heterocycles. The van der Waals surface area contributed by atoms with E-state index in [0.29, 0.717) is 36.7 Å². The Hall–Kier alpha value is -3.32. The van der Waals surface area contributed by atoms with Gasteiger partial charge in [0.25, 0.3) is 15.9 Å². The van der Waals surface area contributed by atoms with Crippen molar-refractivity contribution in [3.8, 4) is 5.75 Å². The van der Waals surface area contributed by atoms with E-state index in [1.54, 1.807) is 41.3 Å². The third kappa shape index (κ3) is 5.24. The lowest BCUT2D eigenvalue weighted by Crippen LogP contribution is -2.27. The molecule has 0 atom stereocenters. The molecule has 0 aliphatic carbocycles. The Labute approximate surface area is 182 Å². The van der Waals surface area contributed by atoms with Gasteiger partial charge in [0.15, 0.2) is 0 Å². The predicted octanol–water partition coefficient (Wildman–Crippen LogP) is 4.30. The zero-order chi connectivity index (χ0) is 21.7. The number of rotatable bonds is 7. The summed E-state index contributed by atoms with van der Waals surface area (Å²) >= 11 is 0. The van der Waals surface area contributed by atoms with Crippen LogP contribution in [0.5, 0.6) is 5.75 Å². The molecule has 0 bridgehead atoms. The fourth-order valence-electron chi connectivity index (χ4n) is 3.47. The van der Waals surface area contributed by atoms with E-state index in [1.165, 1.54) is 12.1 Å². The van der Waals surface area contributed by atoms with Gasteiger partial charge in [-0.25, -0.2) is 8.42 Å². The van der Waals surface area contributed by atoms with Crippen LogP contribution in [0.3, 0.4) is 0 Å². The molecule has 7 heteroatoms. The van der Waals surface area contributed by atoms with Crippen LogP contribution in [0.2, 0.25) is 0 Å². The van der Waals surface area contributed by atoms with Gasteiger partial charge < -0.3 is 9.64 Å². The zero-order valence-electron chi connectivity index (χ0n) is 17.0. The maximum atomic E-state index is 12.8. The number of likely N-dealkylation sites (tertiary alicyclic amines) is 1. The van der Waals surface area contributed by atoms with Crippen LogP contribution in [0.15, 0.2) is 83.8 Å². The fourth-order valence-corrected chi connectivity index (χ4v) is 4.58. The summed E-state index contributed by atoms with van der Waals surface area (Å²) in [6.45, 7) is 1.86. The van der Waals surface area contributed by atoms with Gasteiger partial charge in [-0.15, -0.1) is 0 Å². The van der Waals surface area contributed by atoms with Gasteiger partial charge >= 0.3 is 0 Å². The minimum atomic E-state index is -3.82. The van der Waals surface area contributed by atoms with Gasteiger partial charge in [0.05, 0.1) is 4.90 Å². The first-order chi connectivity index (χ1) is 15.0. The average molecular weight is 437 g/mol. The van der Waals surface area contributed by atoms with Crippen molar-refractivity contribution in [2.75, 3.05) is 17.8 Å². The summed E-state index contributed by atoms with van der Waals surface area (Å²) in [7, 11) is -3.82. The third-order valence-electron chi connectivity index (χ3n) is 5.14. The molecule has 0 radical (unpaired) electrons. The van der Waals surface area contributed by atoms with E-state index in [2.05, 4.69) is 4.72 Å². The quantitative estimate of drug-likeness (QED) is 0.599. The molecule has 1 aliphatic heterocycles. The van der Waals surface area contributed by atoms with Crippen molar-refractivity contribution in [2.45, 2.75) is 24.3 Å². The Kier molecular flexibility index (Phi) is 6.23. The van der Waals surface area contributed by atoms with Crippen molar-refractivity contribution in [1.29, 1.82) is 0 Å². The number of hydrogen-bond donors (Lipinski definition) is 1. The fraction of sp³-hybridized carbons (Fsp3) is 0.208. The molecule has 1 aliphatic rings. The van der Waals surface area contributed by atoms with E-state index in [1.807, 2.05) is 30.3 Å². The Balaban J connectivity index is 1.42. The van der Waals surface area contributed by atoms with Crippen LogP contribution in [0.4, 0.5) is 5.69 Å². The molecule has 1 fully saturated rings. The van der Waals surface area contributed by atoms with Gasteiger partial charge in [0, 0.05) is 24.3 Å². The summed E-state index contributed by atoms with van der Waals surface area (Å²) in [5.74, 6) is 0.513. The van der Waals surface area contributed by atoms with Crippen LogP contribution in [-0.4, -0.2) is 32.3 Å². The van der Waals surface area contributed by atoms with Crippen LogP contribution in [0.25, 0.3) is 0 Å². The first-order valence-electron chi connectivity index (χ1n) is 10.2. The molecule has 0 unspecified atom stereocenters. The third-order valence-corrected chi connectivity index (χ3v) is 6.52. The SMILES string of the molecule is O=C(c1cccc(S(=O)(=O)Nc2ccc(OCc3ccccc3)cc2)c1)N1CCCC1. The number of carbonyl (C=O) groups is 1. The number of nitrogens with one attached hydrogen (secondary N) is 1. The maximum Gasteiger partial charge on any atom is 0.261 e. The highest BCUT2D eigenvalue weighted by atomic mass is 32.2. The van der Waals surface area contributed by atoms with Crippen molar-refractivity contribution < 1.29 is 17.9 Å². The second-order valence-electron chi connectivity index (χ2n) is 7.43. The van der Waals surface area contributed by atoms with Crippen molar-refractivity contribution in [2.24, 2.45) is 0 Å². The van der Waals surface area contributed by atoms with Crippen LogP contribution < -0.4 is 9.46 Å². The topological polar surface area (TPSA) is 75.7 Å².